The largest absolute Gasteiger partial charge is 0.394 e. The molecular weight excluding hydrogens is 268 g/mol. The van der Waals surface area contributed by atoms with Crippen LogP contribution in [0.1, 0.15) is 11.6 Å². The molecule has 1 aromatic carbocycles. The van der Waals surface area contributed by atoms with Gasteiger partial charge < -0.3 is 15.3 Å². The highest BCUT2D eigenvalue weighted by Gasteiger charge is 2.15. The summed E-state index contributed by atoms with van der Waals surface area (Å²) in [5.74, 6) is 0.278. The van der Waals surface area contributed by atoms with Gasteiger partial charge in [0, 0.05) is 19.4 Å². The van der Waals surface area contributed by atoms with Crippen molar-refractivity contribution in [2.24, 2.45) is 0 Å². The zero-order valence-corrected chi connectivity index (χ0v) is 11.8. The Morgan fingerprint density at radius 3 is 2.52 bits per heavy atom. The van der Waals surface area contributed by atoms with Crippen LogP contribution in [0.2, 0.25) is 0 Å². The number of nitrogens with one attached hydrogen (secondary N) is 1. The maximum atomic E-state index is 12.0. The number of amides is 1. The molecule has 110 valence electrons. The van der Waals surface area contributed by atoms with Crippen LogP contribution in [-0.2, 0) is 4.79 Å². The van der Waals surface area contributed by atoms with Gasteiger partial charge in [0.25, 0.3) is 0 Å². The number of aliphatic hydroxyl groups excluding tert-OH is 1. The summed E-state index contributed by atoms with van der Waals surface area (Å²) in [5.41, 5.74) is 0.868. The Morgan fingerprint density at radius 2 is 1.90 bits per heavy atom. The third-order valence-corrected chi connectivity index (χ3v) is 2.99. The highest BCUT2D eigenvalue weighted by Crippen LogP contribution is 2.11. The van der Waals surface area contributed by atoms with Crippen molar-refractivity contribution in [2.75, 3.05) is 25.1 Å². The van der Waals surface area contributed by atoms with Crippen LogP contribution in [0.25, 0.3) is 0 Å². The van der Waals surface area contributed by atoms with Gasteiger partial charge in [-0.25, -0.2) is 9.97 Å². The summed E-state index contributed by atoms with van der Waals surface area (Å²) in [6.07, 6.45) is 3.24. The lowest BCUT2D eigenvalue weighted by Gasteiger charge is -2.20. The highest BCUT2D eigenvalue weighted by atomic mass is 16.3. The lowest BCUT2D eigenvalue weighted by Crippen LogP contribution is -2.39. The summed E-state index contributed by atoms with van der Waals surface area (Å²) >= 11 is 0. The highest BCUT2D eigenvalue weighted by molar-refractivity contribution is 5.81. The normalized spacial score (nSPS) is 11.7. The maximum absolute atomic E-state index is 12.0. The number of anilines is 1. The van der Waals surface area contributed by atoms with Gasteiger partial charge in [-0.1, -0.05) is 30.3 Å². The summed E-state index contributed by atoms with van der Waals surface area (Å²) in [4.78, 5) is 21.8. The van der Waals surface area contributed by atoms with E-state index in [1.165, 1.54) is 0 Å². The van der Waals surface area contributed by atoms with E-state index in [0.29, 0.717) is 5.95 Å². The van der Waals surface area contributed by atoms with Gasteiger partial charge in [-0.05, 0) is 11.6 Å². The molecule has 2 aromatic rings. The number of carbonyl (C=O) groups excluding carboxylic acids is 1. The van der Waals surface area contributed by atoms with E-state index < -0.39 is 6.04 Å². The van der Waals surface area contributed by atoms with Crippen LogP contribution in [0.5, 0.6) is 0 Å². The van der Waals surface area contributed by atoms with Crippen molar-refractivity contribution in [3.8, 4) is 0 Å². The number of aromatic nitrogens is 2. The van der Waals surface area contributed by atoms with Gasteiger partial charge >= 0.3 is 0 Å². The lowest BCUT2D eigenvalue weighted by molar-refractivity contribution is -0.120. The Hall–Kier alpha value is -2.47. The van der Waals surface area contributed by atoms with E-state index in [2.05, 4.69) is 15.3 Å². The molecule has 0 unspecified atom stereocenters. The van der Waals surface area contributed by atoms with Gasteiger partial charge in [0.1, 0.15) is 0 Å². The third-order valence-electron chi connectivity index (χ3n) is 2.99. The van der Waals surface area contributed by atoms with Gasteiger partial charge in [-0.3, -0.25) is 4.79 Å². The number of carbonyl (C=O) groups is 1. The minimum absolute atomic E-state index is 0.118. The Balaban J connectivity index is 1.94. The maximum Gasteiger partial charge on any atom is 0.240 e. The zero-order chi connectivity index (χ0) is 15.1. The first kappa shape index (κ1) is 14.9. The molecule has 0 bridgehead atoms. The fourth-order valence-electron chi connectivity index (χ4n) is 1.93. The van der Waals surface area contributed by atoms with Crippen molar-refractivity contribution < 1.29 is 9.90 Å². The standard InChI is InChI=1S/C15H18N4O2/c1-19(15-16-8-5-9-17-15)10-14(21)18-13(11-20)12-6-3-2-4-7-12/h2-9,13,20H,10-11H2,1H3,(H,18,21)/t13-/m1/s1. The molecular formula is C15H18N4O2. The van der Waals surface area contributed by atoms with Crippen LogP contribution in [-0.4, -0.2) is 41.2 Å². The summed E-state index contributed by atoms with van der Waals surface area (Å²) < 4.78 is 0. The number of nitrogens with zero attached hydrogens (tertiary/aromatic N) is 3. The van der Waals surface area contributed by atoms with Crippen LogP contribution >= 0.6 is 0 Å². The first-order valence-electron chi connectivity index (χ1n) is 6.64. The van der Waals surface area contributed by atoms with Crippen molar-refractivity contribution >= 4 is 11.9 Å². The molecule has 0 radical (unpaired) electrons. The second kappa shape index (κ2) is 7.35. The molecule has 0 aliphatic rings. The van der Waals surface area contributed by atoms with Gasteiger partial charge in [0.2, 0.25) is 11.9 Å². The Labute approximate surface area is 123 Å². The Morgan fingerprint density at radius 1 is 1.24 bits per heavy atom. The van der Waals surface area contributed by atoms with E-state index in [0.717, 1.165) is 5.56 Å². The second-order valence-corrected chi connectivity index (χ2v) is 4.62. The van der Waals surface area contributed by atoms with Gasteiger partial charge in [0.15, 0.2) is 0 Å². The van der Waals surface area contributed by atoms with E-state index in [9.17, 15) is 9.90 Å². The van der Waals surface area contributed by atoms with E-state index in [-0.39, 0.29) is 19.1 Å². The smallest absolute Gasteiger partial charge is 0.240 e. The SMILES string of the molecule is CN(CC(=O)N[C@H](CO)c1ccccc1)c1ncccn1. The van der Waals surface area contributed by atoms with Crippen LogP contribution in [0.3, 0.4) is 0 Å². The Bertz CT molecular complexity index is 562. The molecule has 0 aliphatic heterocycles. The summed E-state index contributed by atoms with van der Waals surface area (Å²) in [5, 5.41) is 12.2. The molecule has 1 amide bonds. The molecule has 0 saturated carbocycles. The fraction of sp³-hybridized carbons (Fsp3) is 0.267. The third kappa shape index (κ3) is 4.25. The van der Waals surface area contributed by atoms with E-state index >= 15 is 0 Å². The van der Waals surface area contributed by atoms with Crippen molar-refractivity contribution in [1.29, 1.82) is 0 Å². The molecule has 6 nitrogen and oxygen atoms in total. The Kier molecular flexibility index (Phi) is 5.22. The quantitative estimate of drug-likeness (QED) is 0.820. The molecule has 2 N–H and O–H groups in total. The number of likely N-dealkylation sites (N-methyl/N-ethyl adjacent to an activating group) is 1. The minimum atomic E-state index is -0.413. The summed E-state index contributed by atoms with van der Waals surface area (Å²) in [6.45, 7) is -0.0331. The number of rotatable bonds is 6. The van der Waals surface area contributed by atoms with E-state index in [4.69, 9.17) is 0 Å². The average molecular weight is 286 g/mol. The number of hydrogen-bond donors (Lipinski definition) is 2. The molecule has 0 saturated heterocycles. The predicted molar refractivity (Wildman–Crippen MR) is 79.7 cm³/mol. The molecule has 21 heavy (non-hydrogen) atoms. The molecule has 6 heteroatoms. The number of aliphatic hydroxyl groups is 1. The zero-order valence-electron chi connectivity index (χ0n) is 11.8. The van der Waals surface area contributed by atoms with Crippen LogP contribution in [0, 0.1) is 0 Å². The van der Waals surface area contributed by atoms with Crippen molar-refractivity contribution in [2.45, 2.75) is 6.04 Å². The van der Waals surface area contributed by atoms with Gasteiger partial charge in [-0.2, -0.15) is 0 Å². The summed E-state index contributed by atoms with van der Waals surface area (Å²) in [6, 6.07) is 10.7. The number of hydrogen-bond acceptors (Lipinski definition) is 5. The van der Waals surface area contributed by atoms with Crippen LogP contribution in [0.15, 0.2) is 48.8 Å². The molecule has 1 atom stereocenters. The molecule has 0 fully saturated rings. The second-order valence-electron chi connectivity index (χ2n) is 4.62. The average Bonchev–Trinajstić information content (AvgIpc) is 2.54. The molecule has 1 heterocycles. The molecule has 2 rings (SSSR count). The molecule has 0 aliphatic carbocycles. The molecule has 0 spiro atoms. The van der Waals surface area contributed by atoms with Gasteiger partial charge in [0.05, 0.1) is 19.2 Å². The summed E-state index contributed by atoms with van der Waals surface area (Å²) in [7, 11) is 1.74. The number of benzene rings is 1. The van der Waals surface area contributed by atoms with Gasteiger partial charge in [-0.15, -0.1) is 0 Å². The minimum Gasteiger partial charge on any atom is -0.394 e. The predicted octanol–water partition coefficient (Wildman–Crippen LogP) is 0.763. The lowest BCUT2D eigenvalue weighted by atomic mass is 10.1. The first-order valence-corrected chi connectivity index (χ1v) is 6.64. The van der Waals surface area contributed by atoms with Crippen LogP contribution in [0.4, 0.5) is 5.95 Å². The first-order chi connectivity index (χ1) is 10.2. The van der Waals surface area contributed by atoms with Crippen molar-refractivity contribution in [3.05, 3.63) is 54.4 Å². The van der Waals surface area contributed by atoms with E-state index in [1.54, 1.807) is 30.4 Å². The molecule has 1 aromatic heterocycles. The van der Waals surface area contributed by atoms with E-state index in [1.807, 2.05) is 30.3 Å². The fourth-order valence-corrected chi connectivity index (χ4v) is 1.93. The topological polar surface area (TPSA) is 78.4 Å². The van der Waals surface area contributed by atoms with Crippen molar-refractivity contribution in [1.82, 2.24) is 15.3 Å². The van der Waals surface area contributed by atoms with Crippen molar-refractivity contribution in [3.63, 3.8) is 0 Å². The monoisotopic (exact) mass is 286 g/mol. The van der Waals surface area contributed by atoms with Crippen LogP contribution < -0.4 is 10.2 Å².